The number of para-hydroxylation sites is 1. The molecule has 0 saturated carbocycles. The Morgan fingerprint density at radius 3 is 2.68 bits per heavy atom. The summed E-state index contributed by atoms with van der Waals surface area (Å²) in [5.74, 6) is 1.85. The second-order valence-electron chi connectivity index (χ2n) is 4.16. The number of pyridine rings is 1. The van der Waals surface area contributed by atoms with Crippen LogP contribution in [0.3, 0.4) is 0 Å². The van der Waals surface area contributed by atoms with Gasteiger partial charge in [-0.15, -0.1) is 11.6 Å². The fourth-order valence-corrected chi connectivity index (χ4v) is 2.03. The molecular formula is C15H16ClNO2. The zero-order valence-electron chi connectivity index (χ0n) is 11.0. The number of methoxy groups -OCH3 is 1. The van der Waals surface area contributed by atoms with E-state index in [2.05, 4.69) is 4.98 Å². The number of aromatic nitrogens is 1. The van der Waals surface area contributed by atoms with Crippen LogP contribution < -0.4 is 9.47 Å². The summed E-state index contributed by atoms with van der Waals surface area (Å²) in [4.78, 5) is 4.31. The summed E-state index contributed by atoms with van der Waals surface area (Å²) < 4.78 is 10.9. The number of halogens is 1. The standard InChI is InChI=1S/C15H16ClNO2/c1-11-5-3-6-12(9-16)15(11)19-10-13-7-4-8-14(17-13)18-2/h3-8H,9-10H2,1-2H3. The fourth-order valence-electron chi connectivity index (χ4n) is 1.82. The van der Waals surface area contributed by atoms with Crippen molar-refractivity contribution in [2.24, 2.45) is 0 Å². The third-order valence-corrected chi connectivity index (χ3v) is 3.08. The van der Waals surface area contributed by atoms with E-state index in [0.29, 0.717) is 18.4 Å². The van der Waals surface area contributed by atoms with Crippen LogP contribution in [0.2, 0.25) is 0 Å². The summed E-state index contributed by atoms with van der Waals surface area (Å²) in [6.07, 6.45) is 0. The van der Waals surface area contributed by atoms with Crippen molar-refractivity contribution < 1.29 is 9.47 Å². The van der Waals surface area contributed by atoms with E-state index in [-0.39, 0.29) is 0 Å². The third kappa shape index (κ3) is 3.38. The number of hydrogen-bond acceptors (Lipinski definition) is 3. The molecule has 0 N–H and O–H groups in total. The van der Waals surface area contributed by atoms with Crippen LogP contribution in [-0.2, 0) is 12.5 Å². The van der Waals surface area contributed by atoms with Crippen LogP contribution in [0.25, 0.3) is 0 Å². The number of rotatable bonds is 5. The second-order valence-corrected chi connectivity index (χ2v) is 4.42. The van der Waals surface area contributed by atoms with Crippen LogP contribution in [-0.4, -0.2) is 12.1 Å². The molecule has 0 aliphatic heterocycles. The third-order valence-electron chi connectivity index (χ3n) is 2.79. The summed E-state index contributed by atoms with van der Waals surface area (Å²) in [6.45, 7) is 2.40. The summed E-state index contributed by atoms with van der Waals surface area (Å²) >= 11 is 5.92. The number of hydrogen-bond donors (Lipinski definition) is 0. The predicted octanol–water partition coefficient (Wildman–Crippen LogP) is 3.72. The van der Waals surface area contributed by atoms with Gasteiger partial charge in [0.1, 0.15) is 12.4 Å². The first-order valence-electron chi connectivity index (χ1n) is 6.01. The molecule has 3 nitrogen and oxygen atoms in total. The van der Waals surface area contributed by atoms with Gasteiger partial charge in [-0.25, -0.2) is 4.98 Å². The molecular weight excluding hydrogens is 262 g/mol. The monoisotopic (exact) mass is 277 g/mol. The molecule has 0 spiro atoms. The predicted molar refractivity (Wildman–Crippen MR) is 75.9 cm³/mol. The normalized spacial score (nSPS) is 10.3. The molecule has 0 unspecified atom stereocenters. The summed E-state index contributed by atoms with van der Waals surface area (Å²) in [5.41, 5.74) is 2.88. The van der Waals surface area contributed by atoms with E-state index in [1.165, 1.54) is 0 Å². The van der Waals surface area contributed by atoms with E-state index in [1.807, 2.05) is 43.3 Å². The van der Waals surface area contributed by atoms with E-state index in [0.717, 1.165) is 22.6 Å². The summed E-state index contributed by atoms with van der Waals surface area (Å²) in [6, 6.07) is 11.6. The van der Waals surface area contributed by atoms with Crippen molar-refractivity contribution in [3.63, 3.8) is 0 Å². The lowest BCUT2D eigenvalue weighted by Gasteiger charge is -2.12. The van der Waals surface area contributed by atoms with E-state index >= 15 is 0 Å². The Balaban J connectivity index is 2.14. The molecule has 0 bridgehead atoms. The highest BCUT2D eigenvalue weighted by Crippen LogP contribution is 2.25. The van der Waals surface area contributed by atoms with Gasteiger partial charge in [0.2, 0.25) is 5.88 Å². The van der Waals surface area contributed by atoms with Gasteiger partial charge < -0.3 is 9.47 Å². The van der Waals surface area contributed by atoms with E-state index in [1.54, 1.807) is 7.11 Å². The lowest BCUT2D eigenvalue weighted by atomic mass is 10.1. The van der Waals surface area contributed by atoms with Crippen molar-refractivity contribution in [3.8, 4) is 11.6 Å². The molecule has 4 heteroatoms. The molecule has 0 saturated heterocycles. The molecule has 2 rings (SSSR count). The maximum Gasteiger partial charge on any atom is 0.213 e. The van der Waals surface area contributed by atoms with E-state index < -0.39 is 0 Å². The largest absolute Gasteiger partial charge is 0.487 e. The van der Waals surface area contributed by atoms with E-state index in [9.17, 15) is 0 Å². The highest BCUT2D eigenvalue weighted by molar-refractivity contribution is 6.17. The topological polar surface area (TPSA) is 31.4 Å². The lowest BCUT2D eigenvalue weighted by molar-refractivity contribution is 0.294. The van der Waals surface area contributed by atoms with Gasteiger partial charge in [0.05, 0.1) is 18.7 Å². The minimum atomic E-state index is 0.395. The Hall–Kier alpha value is -1.74. The van der Waals surface area contributed by atoms with Crippen molar-refractivity contribution in [1.82, 2.24) is 4.98 Å². The van der Waals surface area contributed by atoms with Crippen LogP contribution in [0, 0.1) is 6.92 Å². The maximum atomic E-state index is 5.92. The molecule has 2 aromatic rings. The first kappa shape index (κ1) is 13.7. The van der Waals surface area contributed by atoms with Gasteiger partial charge in [-0.2, -0.15) is 0 Å². The van der Waals surface area contributed by atoms with Crippen molar-refractivity contribution in [3.05, 3.63) is 53.2 Å². The fraction of sp³-hybridized carbons (Fsp3) is 0.267. The van der Waals surface area contributed by atoms with Crippen LogP contribution >= 0.6 is 11.6 Å². The average molecular weight is 278 g/mol. The van der Waals surface area contributed by atoms with Crippen molar-refractivity contribution >= 4 is 11.6 Å². The molecule has 1 heterocycles. The highest BCUT2D eigenvalue weighted by Gasteiger charge is 2.07. The minimum absolute atomic E-state index is 0.395. The Bertz CT molecular complexity index is 558. The molecule has 100 valence electrons. The van der Waals surface area contributed by atoms with Crippen molar-refractivity contribution in [1.29, 1.82) is 0 Å². The molecule has 19 heavy (non-hydrogen) atoms. The number of benzene rings is 1. The highest BCUT2D eigenvalue weighted by atomic mass is 35.5. The zero-order valence-corrected chi connectivity index (χ0v) is 11.8. The molecule has 0 amide bonds. The van der Waals surface area contributed by atoms with Crippen LogP contribution in [0.5, 0.6) is 11.6 Å². The second kappa shape index (κ2) is 6.43. The van der Waals surface area contributed by atoms with E-state index in [4.69, 9.17) is 21.1 Å². The lowest BCUT2D eigenvalue weighted by Crippen LogP contribution is -2.02. The van der Waals surface area contributed by atoms with Gasteiger partial charge in [0.15, 0.2) is 0 Å². The first-order chi connectivity index (χ1) is 9.24. The summed E-state index contributed by atoms with van der Waals surface area (Å²) in [7, 11) is 1.60. The van der Waals surface area contributed by atoms with Gasteiger partial charge in [0.25, 0.3) is 0 Å². The number of aryl methyl sites for hydroxylation is 1. The minimum Gasteiger partial charge on any atom is -0.487 e. The van der Waals surface area contributed by atoms with Gasteiger partial charge in [-0.3, -0.25) is 0 Å². The Kier molecular flexibility index (Phi) is 4.63. The summed E-state index contributed by atoms with van der Waals surface area (Å²) in [5, 5.41) is 0. The van der Waals surface area contributed by atoms with Crippen LogP contribution in [0.1, 0.15) is 16.8 Å². The molecule has 0 aliphatic carbocycles. The Morgan fingerprint density at radius 1 is 1.16 bits per heavy atom. The average Bonchev–Trinajstić information content (AvgIpc) is 2.46. The molecule has 0 fully saturated rings. The van der Waals surface area contributed by atoms with Gasteiger partial charge in [0, 0.05) is 11.6 Å². The SMILES string of the molecule is COc1cccc(COc2c(C)cccc2CCl)n1. The Morgan fingerprint density at radius 2 is 1.95 bits per heavy atom. The molecule has 1 aromatic heterocycles. The van der Waals surface area contributed by atoms with Crippen molar-refractivity contribution in [2.45, 2.75) is 19.4 Å². The van der Waals surface area contributed by atoms with Gasteiger partial charge >= 0.3 is 0 Å². The van der Waals surface area contributed by atoms with Crippen LogP contribution in [0.15, 0.2) is 36.4 Å². The number of ether oxygens (including phenoxy) is 2. The number of alkyl halides is 1. The quantitative estimate of drug-likeness (QED) is 0.781. The molecule has 0 atom stereocenters. The Labute approximate surface area is 118 Å². The molecule has 1 aromatic carbocycles. The molecule has 0 aliphatic rings. The van der Waals surface area contributed by atoms with Gasteiger partial charge in [-0.05, 0) is 18.6 Å². The zero-order chi connectivity index (χ0) is 13.7. The first-order valence-corrected chi connectivity index (χ1v) is 6.55. The maximum absolute atomic E-state index is 5.92. The number of nitrogens with zero attached hydrogens (tertiary/aromatic N) is 1. The smallest absolute Gasteiger partial charge is 0.213 e. The van der Waals surface area contributed by atoms with Crippen LogP contribution in [0.4, 0.5) is 0 Å². The molecule has 0 radical (unpaired) electrons. The van der Waals surface area contributed by atoms with Gasteiger partial charge in [-0.1, -0.05) is 24.3 Å². The van der Waals surface area contributed by atoms with Crippen molar-refractivity contribution in [2.75, 3.05) is 7.11 Å².